The molecule has 0 amide bonds. The molecule has 0 spiro atoms. The molecule has 2 heterocycles. The number of nitrogens with zero attached hydrogens (tertiary/aromatic N) is 3. The lowest BCUT2D eigenvalue weighted by atomic mass is 10.1. The summed E-state index contributed by atoms with van der Waals surface area (Å²) in [7, 11) is 0. The van der Waals surface area contributed by atoms with Gasteiger partial charge in [-0.3, -0.25) is 0 Å². The van der Waals surface area contributed by atoms with Crippen LogP contribution >= 0.6 is 27.5 Å². The van der Waals surface area contributed by atoms with Crippen LogP contribution in [0.25, 0.3) is 22.4 Å². The molecule has 0 saturated carbocycles. The van der Waals surface area contributed by atoms with E-state index in [0.29, 0.717) is 21.4 Å². The van der Waals surface area contributed by atoms with Crippen LogP contribution in [-0.4, -0.2) is 15.1 Å². The Morgan fingerprint density at radius 3 is 2.65 bits per heavy atom. The first kappa shape index (κ1) is 10.7. The van der Waals surface area contributed by atoms with Crippen molar-refractivity contribution in [2.75, 3.05) is 0 Å². The molecule has 17 heavy (non-hydrogen) atoms. The van der Waals surface area contributed by atoms with E-state index in [-0.39, 0.29) is 5.28 Å². The van der Waals surface area contributed by atoms with Gasteiger partial charge in [-0.05, 0) is 27.5 Å². The maximum absolute atomic E-state index is 5.82. The molecule has 0 aliphatic heterocycles. The van der Waals surface area contributed by atoms with Crippen molar-refractivity contribution in [1.82, 2.24) is 15.1 Å². The van der Waals surface area contributed by atoms with Gasteiger partial charge in [0.05, 0.1) is 0 Å². The maximum Gasteiger partial charge on any atom is 0.224 e. The zero-order valence-electron chi connectivity index (χ0n) is 8.39. The molecule has 4 nitrogen and oxygen atoms in total. The van der Waals surface area contributed by atoms with Gasteiger partial charge in [-0.25, -0.2) is 9.97 Å². The predicted molar refractivity (Wildman–Crippen MR) is 67.7 cm³/mol. The van der Waals surface area contributed by atoms with Gasteiger partial charge in [0, 0.05) is 5.56 Å². The quantitative estimate of drug-likeness (QED) is 0.508. The highest BCUT2D eigenvalue weighted by Gasteiger charge is 2.16. The molecule has 3 rings (SSSR count). The molecule has 0 saturated heterocycles. The summed E-state index contributed by atoms with van der Waals surface area (Å²) in [4.78, 5) is 8.09. The van der Waals surface area contributed by atoms with Gasteiger partial charge in [-0.2, -0.15) is 0 Å². The van der Waals surface area contributed by atoms with Gasteiger partial charge >= 0.3 is 0 Å². The minimum absolute atomic E-state index is 0.157. The summed E-state index contributed by atoms with van der Waals surface area (Å²) in [5.41, 5.74) is 2.68. The third-order valence-electron chi connectivity index (χ3n) is 2.30. The van der Waals surface area contributed by atoms with Gasteiger partial charge < -0.3 is 4.52 Å². The number of halogens is 2. The summed E-state index contributed by atoms with van der Waals surface area (Å²) in [6.07, 6.45) is 0. The number of rotatable bonds is 1. The first-order valence-electron chi connectivity index (χ1n) is 4.79. The van der Waals surface area contributed by atoms with Crippen LogP contribution < -0.4 is 0 Å². The molecular formula is C11H5BrClN3O. The molecule has 0 radical (unpaired) electrons. The Morgan fingerprint density at radius 1 is 1.12 bits per heavy atom. The van der Waals surface area contributed by atoms with Crippen LogP contribution in [0.5, 0.6) is 0 Å². The lowest BCUT2D eigenvalue weighted by Gasteiger charge is -1.95. The van der Waals surface area contributed by atoms with Crippen LogP contribution in [0.15, 0.2) is 39.5 Å². The number of fused-ring (bicyclic) bond motifs is 1. The molecule has 0 N–H and O–H groups in total. The summed E-state index contributed by atoms with van der Waals surface area (Å²) < 4.78 is 5.71. The van der Waals surface area contributed by atoms with Crippen LogP contribution in [0.4, 0.5) is 0 Å². The fourth-order valence-electron chi connectivity index (χ4n) is 1.56. The minimum Gasteiger partial charge on any atom is -0.351 e. The minimum atomic E-state index is 0.157. The molecule has 0 unspecified atom stereocenters. The predicted octanol–water partition coefficient (Wildman–Crippen LogP) is 3.70. The SMILES string of the molecule is Clc1nc(Br)c2onc(-c3ccccc3)c2n1. The van der Waals surface area contributed by atoms with Crippen molar-refractivity contribution in [3.63, 3.8) is 0 Å². The standard InChI is InChI=1S/C11H5BrClN3O/c12-10-9-8(14-11(13)15-10)7(16-17-9)6-4-2-1-3-5-6/h1-5H. The monoisotopic (exact) mass is 309 g/mol. The number of hydrogen-bond acceptors (Lipinski definition) is 4. The average molecular weight is 311 g/mol. The Kier molecular flexibility index (Phi) is 2.57. The molecule has 0 aliphatic rings. The van der Waals surface area contributed by atoms with E-state index >= 15 is 0 Å². The Balaban J connectivity index is 2.32. The third kappa shape index (κ3) is 1.81. The largest absolute Gasteiger partial charge is 0.351 e. The van der Waals surface area contributed by atoms with E-state index < -0.39 is 0 Å². The summed E-state index contributed by atoms with van der Waals surface area (Å²) >= 11 is 9.08. The molecule has 0 fully saturated rings. The van der Waals surface area contributed by atoms with E-state index in [9.17, 15) is 0 Å². The van der Waals surface area contributed by atoms with Crippen molar-refractivity contribution >= 4 is 38.6 Å². The van der Waals surface area contributed by atoms with Gasteiger partial charge in [-0.15, -0.1) is 0 Å². The second kappa shape index (κ2) is 4.09. The third-order valence-corrected chi connectivity index (χ3v) is 3.00. The first-order chi connectivity index (χ1) is 8.25. The van der Waals surface area contributed by atoms with Gasteiger partial charge in [-0.1, -0.05) is 35.5 Å². The highest BCUT2D eigenvalue weighted by atomic mass is 79.9. The van der Waals surface area contributed by atoms with Crippen LogP contribution in [0, 0.1) is 0 Å². The van der Waals surface area contributed by atoms with Crippen molar-refractivity contribution in [2.24, 2.45) is 0 Å². The summed E-state index contributed by atoms with van der Waals surface area (Å²) in [6, 6.07) is 9.65. The smallest absolute Gasteiger partial charge is 0.224 e. The lowest BCUT2D eigenvalue weighted by molar-refractivity contribution is 0.457. The molecule has 0 atom stereocenters. The highest BCUT2D eigenvalue weighted by molar-refractivity contribution is 9.10. The van der Waals surface area contributed by atoms with Crippen LogP contribution in [-0.2, 0) is 0 Å². The molecule has 84 valence electrons. The summed E-state index contributed by atoms with van der Waals surface area (Å²) in [6.45, 7) is 0. The second-order valence-corrected chi connectivity index (χ2v) is 4.45. The molecular weight excluding hydrogens is 305 g/mol. The van der Waals surface area contributed by atoms with Gasteiger partial charge in [0.25, 0.3) is 0 Å². The summed E-state index contributed by atoms with van der Waals surface area (Å²) in [5, 5.41) is 4.16. The van der Waals surface area contributed by atoms with Gasteiger partial charge in [0.15, 0.2) is 4.60 Å². The van der Waals surface area contributed by atoms with E-state index in [1.54, 1.807) is 0 Å². The van der Waals surface area contributed by atoms with E-state index in [4.69, 9.17) is 16.1 Å². The zero-order valence-corrected chi connectivity index (χ0v) is 10.7. The van der Waals surface area contributed by atoms with Crippen molar-refractivity contribution in [3.8, 4) is 11.3 Å². The van der Waals surface area contributed by atoms with Crippen molar-refractivity contribution in [2.45, 2.75) is 0 Å². The Morgan fingerprint density at radius 2 is 1.88 bits per heavy atom. The fourth-order valence-corrected chi connectivity index (χ4v) is 2.26. The van der Waals surface area contributed by atoms with Crippen LogP contribution in [0.3, 0.4) is 0 Å². The molecule has 2 aromatic heterocycles. The zero-order chi connectivity index (χ0) is 11.8. The Bertz CT molecular complexity index is 684. The molecule has 0 bridgehead atoms. The average Bonchev–Trinajstić information content (AvgIpc) is 2.74. The number of hydrogen-bond donors (Lipinski definition) is 0. The molecule has 6 heteroatoms. The normalized spacial score (nSPS) is 10.9. The fraction of sp³-hybridized carbons (Fsp3) is 0. The van der Waals surface area contributed by atoms with Gasteiger partial charge in [0.1, 0.15) is 11.2 Å². The van der Waals surface area contributed by atoms with Crippen molar-refractivity contribution in [1.29, 1.82) is 0 Å². The number of benzene rings is 1. The number of aromatic nitrogens is 3. The van der Waals surface area contributed by atoms with E-state index in [0.717, 1.165) is 5.56 Å². The topological polar surface area (TPSA) is 51.8 Å². The maximum atomic E-state index is 5.82. The van der Waals surface area contributed by atoms with Crippen molar-refractivity contribution < 1.29 is 4.52 Å². The van der Waals surface area contributed by atoms with E-state index in [2.05, 4.69) is 31.1 Å². The molecule has 0 aliphatic carbocycles. The van der Waals surface area contributed by atoms with Gasteiger partial charge in [0.2, 0.25) is 10.9 Å². The van der Waals surface area contributed by atoms with E-state index in [1.807, 2.05) is 30.3 Å². The lowest BCUT2D eigenvalue weighted by Crippen LogP contribution is -1.85. The Labute approximate surface area is 110 Å². The first-order valence-corrected chi connectivity index (χ1v) is 5.96. The summed E-state index contributed by atoms with van der Waals surface area (Å²) in [5.74, 6) is 0. The molecule has 1 aromatic carbocycles. The molecule has 3 aromatic rings. The second-order valence-electron chi connectivity index (χ2n) is 3.36. The Hall–Kier alpha value is -1.46. The van der Waals surface area contributed by atoms with Crippen molar-refractivity contribution in [3.05, 3.63) is 40.2 Å². The van der Waals surface area contributed by atoms with Crippen LogP contribution in [0.1, 0.15) is 0 Å². The van der Waals surface area contributed by atoms with E-state index in [1.165, 1.54) is 0 Å². The highest BCUT2D eigenvalue weighted by Crippen LogP contribution is 2.30. The van der Waals surface area contributed by atoms with Crippen LogP contribution in [0.2, 0.25) is 5.28 Å².